The van der Waals surface area contributed by atoms with Crippen LogP contribution in [0.3, 0.4) is 0 Å². The number of hydrogen-bond acceptors (Lipinski definition) is 7. The topological polar surface area (TPSA) is 104 Å². The van der Waals surface area contributed by atoms with Crippen molar-refractivity contribution in [3.8, 4) is 11.5 Å². The third-order valence-electron chi connectivity index (χ3n) is 5.40. The lowest BCUT2D eigenvalue weighted by atomic mass is 9.95. The first-order valence-corrected chi connectivity index (χ1v) is 13.1. The number of aromatic nitrogens is 3. The number of amides is 1. The van der Waals surface area contributed by atoms with E-state index in [1.165, 1.54) is 0 Å². The summed E-state index contributed by atoms with van der Waals surface area (Å²) in [6.45, 7) is 4.23. The Labute approximate surface area is 221 Å². The fourth-order valence-corrected chi connectivity index (χ4v) is 5.17. The first-order valence-electron chi connectivity index (χ1n) is 10.9. The van der Waals surface area contributed by atoms with Crippen molar-refractivity contribution in [3.63, 3.8) is 0 Å². The maximum Gasteiger partial charge on any atom is 0.248 e. The van der Waals surface area contributed by atoms with E-state index in [9.17, 15) is 4.79 Å². The van der Waals surface area contributed by atoms with E-state index in [-0.39, 0.29) is 0 Å². The van der Waals surface area contributed by atoms with Crippen molar-refractivity contribution in [2.75, 3.05) is 18.2 Å². The molecule has 184 valence electrons. The molecule has 0 saturated carbocycles. The number of fused-ring (bicyclic) bond motifs is 1. The number of anilines is 1. The molecule has 2 heterocycles. The minimum atomic E-state index is -0.581. The van der Waals surface area contributed by atoms with Gasteiger partial charge in [0.15, 0.2) is 11.5 Å². The highest BCUT2D eigenvalue weighted by Gasteiger charge is 2.34. The number of carbonyl (C=O) groups is 1. The Bertz CT molecular complexity index is 1280. The monoisotopic (exact) mass is 577 g/mol. The highest BCUT2D eigenvalue weighted by molar-refractivity contribution is 9.10. The molecule has 0 saturated heterocycles. The lowest BCUT2D eigenvalue weighted by Crippen LogP contribution is -2.31. The second kappa shape index (κ2) is 10.9. The van der Waals surface area contributed by atoms with Crippen LogP contribution in [-0.4, -0.2) is 33.5 Å². The average Bonchev–Trinajstić information content (AvgIpc) is 3.23. The van der Waals surface area contributed by atoms with Crippen LogP contribution in [0.5, 0.6) is 11.5 Å². The van der Waals surface area contributed by atoms with E-state index in [4.69, 9.17) is 26.8 Å². The molecule has 1 aliphatic heterocycles. The highest BCUT2D eigenvalue weighted by Crippen LogP contribution is 2.43. The first kappa shape index (κ1) is 25.4. The predicted molar refractivity (Wildman–Crippen MR) is 141 cm³/mol. The van der Waals surface area contributed by atoms with Gasteiger partial charge in [0.25, 0.3) is 0 Å². The van der Waals surface area contributed by atoms with Gasteiger partial charge in [0.05, 0.1) is 17.2 Å². The van der Waals surface area contributed by atoms with Crippen LogP contribution in [0.4, 0.5) is 5.95 Å². The molecule has 11 heteroatoms. The van der Waals surface area contributed by atoms with Crippen molar-refractivity contribution in [2.24, 2.45) is 5.73 Å². The SMILES string of the molecule is CCCSc1nc2n(n1)C(c1cc(Br)c(OCc3ccc(Cl)cc3)c(OC)c1)C(C(N)=O)=C(C)N2. The summed E-state index contributed by atoms with van der Waals surface area (Å²) in [5.74, 6) is 1.95. The fourth-order valence-electron chi connectivity index (χ4n) is 3.79. The normalized spacial score (nSPS) is 14.9. The number of hydrogen-bond donors (Lipinski definition) is 2. The summed E-state index contributed by atoms with van der Waals surface area (Å²) in [6, 6.07) is 10.6. The minimum Gasteiger partial charge on any atom is -0.493 e. The maximum absolute atomic E-state index is 12.5. The lowest BCUT2D eigenvalue weighted by molar-refractivity contribution is -0.115. The Hall–Kier alpha value is -2.69. The molecule has 1 amide bonds. The largest absolute Gasteiger partial charge is 0.493 e. The fraction of sp³-hybridized carbons (Fsp3) is 0.292. The van der Waals surface area contributed by atoms with Gasteiger partial charge in [0, 0.05) is 16.5 Å². The van der Waals surface area contributed by atoms with E-state index >= 15 is 0 Å². The van der Waals surface area contributed by atoms with Gasteiger partial charge in [-0.15, -0.1) is 5.10 Å². The lowest BCUT2D eigenvalue weighted by Gasteiger charge is -2.28. The number of thioether (sulfide) groups is 1. The van der Waals surface area contributed by atoms with Crippen LogP contribution in [0.15, 0.2) is 57.3 Å². The van der Waals surface area contributed by atoms with Gasteiger partial charge in [-0.3, -0.25) is 4.79 Å². The quantitative estimate of drug-likeness (QED) is 0.321. The number of halogens is 2. The summed E-state index contributed by atoms with van der Waals surface area (Å²) in [5, 5.41) is 9.13. The predicted octanol–water partition coefficient (Wildman–Crippen LogP) is 5.56. The van der Waals surface area contributed by atoms with Crippen LogP contribution < -0.4 is 20.5 Å². The molecule has 0 aliphatic carbocycles. The summed E-state index contributed by atoms with van der Waals surface area (Å²) in [6.07, 6.45) is 0.997. The third-order valence-corrected chi connectivity index (χ3v) is 7.28. The number of nitrogens with zero attached hydrogens (tertiary/aromatic N) is 3. The van der Waals surface area contributed by atoms with Crippen molar-refractivity contribution in [1.82, 2.24) is 14.8 Å². The number of rotatable bonds is 9. The van der Waals surface area contributed by atoms with E-state index < -0.39 is 11.9 Å². The Morgan fingerprint density at radius 2 is 2.06 bits per heavy atom. The van der Waals surface area contributed by atoms with E-state index in [1.807, 2.05) is 36.4 Å². The number of carbonyl (C=O) groups excluding carboxylic acids is 1. The molecular formula is C24H25BrClN5O3S. The van der Waals surface area contributed by atoms with Crippen molar-refractivity contribution >= 4 is 51.1 Å². The first-order chi connectivity index (χ1) is 16.8. The van der Waals surface area contributed by atoms with Gasteiger partial charge in [0.1, 0.15) is 12.6 Å². The molecule has 8 nitrogen and oxygen atoms in total. The Balaban J connectivity index is 1.73. The van der Waals surface area contributed by atoms with Crippen LogP contribution in [0, 0.1) is 0 Å². The zero-order valence-corrected chi connectivity index (χ0v) is 22.6. The van der Waals surface area contributed by atoms with Gasteiger partial charge < -0.3 is 20.5 Å². The van der Waals surface area contributed by atoms with Gasteiger partial charge in [-0.1, -0.05) is 42.4 Å². The van der Waals surface area contributed by atoms with Gasteiger partial charge in [-0.05, 0) is 64.7 Å². The van der Waals surface area contributed by atoms with Crippen molar-refractivity contribution in [1.29, 1.82) is 0 Å². The number of nitrogens with one attached hydrogen (secondary N) is 1. The molecule has 3 aromatic rings. The zero-order valence-electron chi connectivity index (χ0n) is 19.5. The Morgan fingerprint density at radius 3 is 2.71 bits per heavy atom. The molecule has 3 N–H and O–H groups in total. The summed E-state index contributed by atoms with van der Waals surface area (Å²) >= 11 is 11.2. The maximum atomic E-state index is 12.5. The number of primary amides is 1. The Kier molecular flexibility index (Phi) is 7.93. The van der Waals surface area contributed by atoms with Gasteiger partial charge >= 0.3 is 0 Å². The van der Waals surface area contributed by atoms with Crippen molar-refractivity contribution < 1.29 is 14.3 Å². The Morgan fingerprint density at radius 1 is 1.31 bits per heavy atom. The summed E-state index contributed by atoms with van der Waals surface area (Å²) < 4.78 is 14.1. The van der Waals surface area contributed by atoms with E-state index in [0.717, 1.165) is 23.3 Å². The van der Waals surface area contributed by atoms with Gasteiger partial charge in [0.2, 0.25) is 17.0 Å². The van der Waals surface area contributed by atoms with Crippen molar-refractivity contribution in [2.45, 2.75) is 38.1 Å². The van der Waals surface area contributed by atoms with Crippen LogP contribution >= 0.6 is 39.3 Å². The molecule has 0 bridgehead atoms. The minimum absolute atomic E-state index is 0.329. The second-order valence-electron chi connectivity index (χ2n) is 7.89. The standard InChI is InChI=1S/C24H25BrClN5O3S/c1-4-9-35-24-29-23-28-13(2)19(22(27)32)20(31(23)30-24)15-10-17(25)21(18(11-15)33-3)34-12-14-5-7-16(26)8-6-14/h5-8,10-11,20H,4,9,12H2,1-3H3,(H2,27,32)(H,28,29,30). The van der Waals surface area contributed by atoms with E-state index in [2.05, 4.69) is 38.3 Å². The van der Waals surface area contributed by atoms with Crippen LogP contribution in [0.2, 0.25) is 5.02 Å². The molecule has 35 heavy (non-hydrogen) atoms. The molecule has 1 aliphatic rings. The molecule has 1 unspecified atom stereocenters. The second-order valence-corrected chi connectivity index (χ2v) is 10.2. The van der Waals surface area contributed by atoms with E-state index in [0.29, 0.717) is 50.0 Å². The highest BCUT2D eigenvalue weighted by atomic mass is 79.9. The molecular weight excluding hydrogens is 554 g/mol. The molecule has 2 aromatic carbocycles. The van der Waals surface area contributed by atoms with Gasteiger partial charge in [-0.2, -0.15) is 4.98 Å². The summed E-state index contributed by atoms with van der Waals surface area (Å²) in [4.78, 5) is 17.1. The third kappa shape index (κ3) is 5.44. The molecule has 0 fully saturated rings. The summed E-state index contributed by atoms with van der Waals surface area (Å²) in [5.41, 5.74) is 8.56. The number of ether oxygens (including phenoxy) is 2. The molecule has 0 radical (unpaired) electrons. The van der Waals surface area contributed by atoms with Crippen LogP contribution in [0.25, 0.3) is 0 Å². The smallest absolute Gasteiger partial charge is 0.248 e. The molecule has 0 spiro atoms. The molecule has 1 aromatic heterocycles. The number of allylic oxidation sites excluding steroid dienone is 1. The zero-order chi connectivity index (χ0) is 25.1. The van der Waals surface area contributed by atoms with Crippen molar-refractivity contribution in [3.05, 3.63) is 68.3 Å². The van der Waals surface area contributed by atoms with Crippen LogP contribution in [-0.2, 0) is 11.4 Å². The number of benzene rings is 2. The number of methoxy groups -OCH3 is 1. The molecule has 4 rings (SSSR count). The van der Waals surface area contributed by atoms with E-state index in [1.54, 1.807) is 30.5 Å². The molecule has 1 atom stereocenters. The summed E-state index contributed by atoms with van der Waals surface area (Å²) in [7, 11) is 1.57. The number of nitrogens with two attached hydrogens (primary N) is 1. The van der Waals surface area contributed by atoms with Gasteiger partial charge in [-0.25, -0.2) is 4.68 Å². The average molecular weight is 579 g/mol. The van der Waals surface area contributed by atoms with Crippen LogP contribution in [0.1, 0.15) is 37.4 Å².